The van der Waals surface area contributed by atoms with Gasteiger partial charge in [0.05, 0.1) is 12.1 Å². The summed E-state index contributed by atoms with van der Waals surface area (Å²) < 4.78 is 0. The Balaban J connectivity index is 2.14. The van der Waals surface area contributed by atoms with Crippen LogP contribution in [0.15, 0.2) is 4.99 Å². The molecule has 0 aromatic rings. The van der Waals surface area contributed by atoms with E-state index in [1.54, 1.807) is 0 Å². The molecule has 0 aromatic heterocycles. The third-order valence-corrected chi connectivity index (χ3v) is 5.14. The molecule has 1 atom stereocenters. The summed E-state index contributed by atoms with van der Waals surface area (Å²) in [5.41, 5.74) is 6.49. The van der Waals surface area contributed by atoms with E-state index in [4.69, 9.17) is 5.73 Å². The Morgan fingerprint density at radius 2 is 1.89 bits per heavy atom. The number of rotatable bonds is 5. The van der Waals surface area contributed by atoms with Crippen molar-refractivity contribution in [2.24, 2.45) is 10.7 Å². The van der Waals surface area contributed by atoms with Gasteiger partial charge in [0.25, 0.3) is 0 Å². The summed E-state index contributed by atoms with van der Waals surface area (Å²) in [6.07, 6.45) is 13.1. The zero-order valence-corrected chi connectivity index (χ0v) is 12.8. The third kappa shape index (κ3) is 3.06. The van der Waals surface area contributed by atoms with E-state index in [1.165, 1.54) is 64.2 Å². The highest BCUT2D eigenvalue weighted by Crippen LogP contribution is 2.36. The van der Waals surface area contributed by atoms with Crippen LogP contribution in [0, 0.1) is 0 Å². The van der Waals surface area contributed by atoms with Gasteiger partial charge in [-0.05, 0) is 25.7 Å². The lowest BCUT2D eigenvalue weighted by Gasteiger charge is -2.44. The van der Waals surface area contributed by atoms with Gasteiger partial charge < -0.3 is 10.6 Å². The normalized spacial score (nSPS) is 29.4. The number of hydrogen-bond acceptors (Lipinski definition) is 3. The third-order valence-electron chi connectivity index (χ3n) is 5.14. The van der Waals surface area contributed by atoms with Crippen molar-refractivity contribution < 1.29 is 0 Å². The molecule has 0 amide bonds. The Bertz CT molecular complexity index is 305. The van der Waals surface area contributed by atoms with Crippen LogP contribution in [0.25, 0.3) is 0 Å². The van der Waals surface area contributed by atoms with Crippen LogP contribution in [0.4, 0.5) is 0 Å². The first-order chi connectivity index (χ1) is 9.23. The number of hydrogen-bond donors (Lipinski definition) is 1. The molecule has 0 saturated heterocycles. The Labute approximate surface area is 118 Å². The molecule has 1 unspecified atom stereocenters. The van der Waals surface area contributed by atoms with Gasteiger partial charge in [0.15, 0.2) is 5.96 Å². The fourth-order valence-corrected chi connectivity index (χ4v) is 3.88. The molecule has 1 saturated carbocycles. The molecule has 19 heavy (non-hydrogen) atoms. The number of nitrogens with zero attached hydrogens (tertiary/aromatic N) is 2. The lowest BCUT2D eigenvalue weighted by Crippen LogP contribution is -2.56. The summed E-state index contributed by atoms with van der Waals surface area (Å²) in [6.45, 7) is 5.51. The minimum atomic E-state index is 0.231. The minimum Gasteiger partial charge on any atom is -0.370 e. The predicted octanol–water partition coefficient (Wildman–Crippen LogP) is 3.68. The van der Waals surface area contributed by atoms with Gasteiger partial charge in [0, 0.05) is 6.04 Å². The van der Waals surface area contributed by atoms with Crippen molar-refractivity contribution in [3.8, 4) is 0 Å². The maximum Gasteiger partial charge on any atom is 0.192 e. The van der Waals surface area contributed by atoms with Crippen LogP contribution < -0.4 is 5.73 Å². The Kier molecular flexibility index (Phi) is 5.12. The molecule has 110 valence electrons. The molecule has 1 aliphatic carbocycles. The van der Waals surface area contributed by atoms with Crippen LogP contribution in [0.1, 0.15) is 78.1 Å². The van der Waals surface area contributed by atoms with E-state index in [2.05, 4.69) is 23.7 Å². The lowest BCUT2D eigenvalue weighted by atomic mass is 9.86. The van der Waals surface area contributed by atoms with Crippen molar-refractivity contribution >= 4 is 5.96 Å². The number of aliphatic imine (C=N–C) groups is 1. The fraction of sp³-hybridized carbons (Fsp3) is 0.938. The minimum absolute atomic E-state index is 0.231. The maximum absolute atomic E-state index is 6.26. The van der Waals surface area contributed by atoms with E-state index in [-0.39, 0.29) is 5.54 Å². The second-order valence-corrected chi connectivity index (χ2v) is 6.37. The molecule has 1 fully saturated rings. The van der Waals surface area contributed by atoms with Crippen LogP contribution >= 0.6 is 0 Å². The van der Waals surface area contributed by atoms with Gasteiger partial charge in [0.2, 0.25) is 0 Å². The van der Waals surface area contributed by atoms with E-state index >= 15 is 0 Å². The highest BCUT2D eigenvalue weighted by atomic mass is 15.4. The van der Waals surface area contributed by atoms with Crippen molar-refractivity contribution in [2.45, 2.75) is 89.6 Å². The lowest BCUT2D eigenvalue weighted by molar-refractivity contribution is 0.118. The average molecular weight is 265 g/mol. The van der Waals surface area contributed by atoms with Gasteiger partial charge in [-0.3, -0.25) is 4.99 Å². The number of guanidine groups is 1. The van der Waals surface area contributed by atoms with E-state index in [0.29, 0.717) is 6.04 Å². The topological polar surface area (TPSA) is 41.6 Å². The molecule has 3 heteroatoms. The van der Waals surface area contributed by atoms with Crippen LogP contribution in [0.2, 0.25) is 0 Å². The standard InChI is InChI=1S/C16H31N3/c1-3-5-12-16(4-2)13-18-15(17)19(16)14-10-8-6-7-9-11-14/h14H,3-13H2,1-2H3,(H2,17,18). The Morgan fingerprint density at radius 1 is 1.21 bits per heavy atom. The molecule has 1 heterocycles. The second-order valence-electron chi connectivity index (χ2n) is 6.37. The quantitative estimate of drug-likeness (QED) is 0.770. The van der Waals surface area contributed by atoms with E-state index < -0.39 is 0 Å². The van der Waals surface area contributed by atoms with Crippen LogP contribution in [-0.2, 0) is 0 Å². The van der Waals surface area contributed by atoms with Crippen molar-refractivity contribution in [3.05, 3.63) is 0 Å². The molecule has 1 aliphatic heterocycles. The molecular weight excluding hydrogens is 234 g/mol. The fourth-order valence-electron chi connectivity index (χ4n) is 3.88. The largest absolute Gasteiger partial charge is 0.370 e. The summed E-state index contributed by atoms with van der Waals surface area (Å²) in [7, 11) is 0. The smallest absolute Gasteiger partial charge is 0.192 e. The zero-order valence-electron chi connectivity index (χ0n) is 12.8. The van der Waals surface area contributed by atoms with Gasteiger partial charge in [-0.1, -0.05) is 52.4 Å². The van der Waals surface area contributed by atoms with Gasteiger partial charge in [-0.2, -0.15) is 0 Å². The predicted molar refractivity (Wildman–Crippen MR) is 82.4 cm³/mol. The molecule has 2 N–H and O–H groups in total. The van der Waals surface area contributed by atoms with Gasteiger partial charge in [-0.25, -0.2) is 0 Å². The van der Waals surface area contributed by atoms with Crippen molar-refractivity contribution in [3.63, 3.8) is 0 Å². The first kappa shape index (κ1) is 14.7. The highest BCUT2D eigenvalue weighted by Gasteiger charge is 2.43. The zero-order chi connectivity index (χ0) is 13.7. The summed E-state index contributed by atoms with van der Waals surface area (Å²) in [5.74, 6) is 0.824. The average Bonchev–Trinajstić information content (AvgIpc) is 2.61. The molecule has 3 nitrogen and oxygen atoms in total. The van der Waals surface area contributed by atoms with Crippen LogP contribution in [-0.4, -0.2) is 29.0 Å². The first-order valence-electron chi connectivity index (χ1n) is 8.33. The van der Waals surface area contributed by atoms with Gasteiger partial charge in [0.1, 0.15) is 0 Å². The monoisotopic (exact) mass is 265 g/mol. The van der Waals surface area contributed by atoms with E-state index in [9.17, 15) is 0 Å². The van der Waals surface area contributed by atoms with Gasteiger partial charge >= 0.3 is 0 Å². The van der Waals surface area contributed by atoms with E-state index in [0.717, 1.165) is 12.5 Å². The van der Waals surface area contributed by atoms with E-state index in [1.807, 2.05) is 0 Å². The summed E-state index contributed by atoms with van der Waals surface area (Å²) in [5, 5.41) is 0. The molecule has 2 rings (SSSR count). The molecular formula is C16H31N3. The molecule has 2 aliphatic rings. The van der Waals surface area contributed by atoms with Crippen LogP contribution in [0.3, 0.4) is 0 Å². The van der Waals surface area contributed by atoms with Crippen molar-refractivity contribution in [2.75, 3.05) is 6.54 Å². The SMILES string of the molecule is CCCCC1(CC)CN=C(N)N1C1CCCCCC1. The number of unbranched alkanes of at least 4 members (excludes halogenated alkanes) is 1. The molecule has 0 bridgehead atoms. The van der Waals surface area contributed by atoms with Crippen molar-refractivity contribution in [1.29, 1.82) is 0 Å². The second kappa shape index (κ2) is 6.62. The molecule has 0 aromatic carbocycles. The van der Waals surface area contributed by atoms with Gasteiger partial charge in [-0.15, -0.1) is 0 Å². The molecule has 0 radical (unpaired) electrons. The number of nitrogens with two attached hydrogens (primary N) is 1. The maximum atomic E-state index is 6.26. The summed E-state index contributed by atoms with van der Waals surface area (Å²) in [6, 6.07) is 0.644. The first-order valence-corrected chi connectivity index (χ1v) is 8.33. The molecule has 0 spiro atoms. The summed E-state index contributed by atoms with van der Waals surface area (Å²) in [4.78, 5) is 7.16. The van der Waals surface area contributed by atoms with Crippen molar-refractivity contribution in [1.82, 2.24) is 4.90 Å². The van der Waals surface area contributed by atoms with Crippen LogP contribution in [0.5, 0.6) is 0 Å². The Morgan fingerprint density at radius 3 is 2.47 bits per heavy atom. The summed E-state index contributed by atoms with van der Waals surface area (Å²) >= 11 is 0. The Hall–Kier alpha value is -0.730. The highest BCUT2D eigenvalue weighted by molar-refractivity contribution is 5.81.